The molecule has 0 bridgehead atoms. The van der Waals surface area contributed by atoms with E-state index < -0.39 is 0 Å². The molecule has 1 atom stereocenters. The first kappa shape index (κ1) is 17.0. The number of likely N-dealkylation sites (tertiary alicyclic amines) is 1. The molecule has 1 aliphatic heterocycles. The van der Waals surface area contributed by atoms with Gasteiger partial charge in [-0.2, -0.15) is 5.10 Å². The van der Waals surface area contributed by atoms with Gasteiger partial charge in [0.1, 0.15) is 5.15 Å². The number of nitrogens with zero attached hydrogens (tertiary/aromatic N) is 3. The molecule has 2 rings (SSSR count). The van der Waals surface area contributed by atoms with E-state index in [-0.39, 0.29) is 18.6 Å². The Kier molecular flexibility index (Phi) is 6.03. The van der Waals surface area contributed by atoms with Gasteiger partial charge in [0.05, 0.1) is 18.3 Å². The number of unbranched alkanes of at least 4 members (excludes halogenated alkanes) is 1. The van der Waals surface area contributed by atoms with Gasteiger partial charge < -0.3 is 10.0 Å². The maximum absolute atomic E-state index is 12.2. The molecule has 1 aromatic rings. The van der Waals surface area contributed by atoms with Crippen LogP contribution in [-0.2, 0) is 11.3 Å². The predicted molar refractivity (Wildman–Crippen MR) is 87.7 cm³/mol. The minimum Gasteiger partial charge on any atom is -0.394 e. The van der Waals surface area contributed by atoms with Crippen LogP contribution in [0.4, 0.5) is 0 Å². The second-order valence-corrected chi connectivity index (χ2v) is 6.07. The van der Waals surface area contributed by atoms with Gasteiger partial charge in [0, 0.05) is 24.7 Å². The van der Waals surface area contributed by atoms with E-state index >= 15 is 0 Å². The molecular weight excluding hydrogens is 302 g/mol. The van der Waals surface area contributed by atoms with Gasteiger partial charge >= 0.3 is 0 Å². The van der Waals surface area contributed by atoms with Crippen molar-refractivity contribution in [3.8, 4) is 0 Å². The van der Waals surface area contributed by atoms with Crippen LogP contribution in [0.5, 0.6) is 0 Å². The lowest BCUT2D eigenvalue weighted by Crippen LogP contribution is -2.36. The summed E-state index contributed by atoms with van der Waals surface area (Å²) in [5, 5.41) is 14.3. The molecule has 0 spiro atoms. The Morgan fingerprint density at radius 2 is 2.32 bits per heavy atom. The first-order chi connectivity index (χ1) is 10.6. The van der Waals surface area contributed by atoms with Gasteiger partial charge in [-0.05, 0) is 32.3 Å². The molecule has 122 valence electrons. The Hall–Kier alpha value is -1.33. The molecule has 1 aromatic heterocycles. The zero-order valence-corrected chi connectivity index (χ0v) is 14.0. The number of carbonyl (C=O) groups excluding carboxylic acids is 1. The Morgan fingerprint density at radius 1 is 1.55 bits per heavy atom. The van der Waals surface area contributed by atoms with E-state index in [0.717, 1.165) is 43.5 Å². The van der Waals surface area contributed by atoms with E-state index in [4.69, 9.17) is 11.6 Å². The smallest absolute Gasteiger partial charge is 0.246 e. The van der Waals surface area contributed by atoms with Crippen molar-refractivity contribution in [3.05, 3.63) is 22.5 Å². The van der Waals surface area contributed by atoms with Crippen LogP contribution in [0.1, 0.15) is 43.9 Å². The van der Waals surface area contributed by atoms with E-state index in [1.807, 2.05) is 6.92 Å². The lowest BCUT2D eigenvalue weighted by Gasteiger charge is -2.21. The summed E-state index contributed by atoms with van der Waals surface area (Å²) in [6.45, 7) is 5.53. The van der Waals surface area contributed by atoms with Crippen molar-refractivity contribution < 1.29 is 9.90 Å². The number of aryl methyl sites for hydroxylation is 2. The Balaban J connectivity index is 2.09. The zero-order chi connectivity index (χ0) is 16.1. The van der Waals surface area contributed by atoms with Crippen LogP contribution in [0.3, 0.4) is 0 Å². The van der Waals surface area contributed by atoms with Gasteiger partial charge in [-0.15, -0.1) is 0 Å². The van der Waals surface area contributed by atoms with Crippen LogP contribution in [-0.4, -0.2) is 44.9 Å². The molecule has 5 nitrogen and oxygen atoms in total. The highest BCUT2D eigenvalue weighted by atomic mass is 35.5. The lowest BCUT2D eigenvalue weighted by atomic mass is 10.2. The van der Waals surface area contributed by atoms with E-state index in [2.05, 4.69) is 12.0 Å². The normalized spacial score (nSPS) is 18.5. The van der Waals surface area contributed by atoms with Gasteiger partial charge in [0.25, 0.3) is 0 Å². The van der Waals surface area contributed by atoms with Crippen molar-refractivity contribution in [1.82, 2.24) is 14.7 Å². The number of aliphatic hydroxyl groups is 1. The third-order valence-electron chi connectivity index (χ3n) is 4.10. The summed E-state index contributed by atoms with van der Waals surface area (Å²) >= 11 is 6.35. The van der Waals surface area contributed by atoms with Gasteiger partial charge in [-0.25, -0.2) is 0 Å². The highest BCUT2D eigenvalue weighted by Gasteiger charge is 2.26. The number of aromatic nitrogens is 2. The predicted octanol–water partition coefficient (Wildman–Crippen LogP) is 2.64. The highest BCUT2D eigenvalue weighted by Crippen LogP contribution is 2.23. The summed E-state index contributed by atoms with van der Waals surface area (Å²) in [5.74, 6) is -0.0756. The number of hydrogen-bond donors (Lipinski definition) is 1. The fraction of sp³-hybridized carbons (Fsp3) is 0.625. The zero-order valence-electron chi connectivity index (χ0n) is 13.3. The van der Waals surface area contributed by atoms with Gasteiger partial charge in [-0.1, -0.05) is 24.9 Å². The Bertz CT molecular complexity index is 554. The molecule has 0 aromatic carbocycles. The van der Waals surface area contributed by atoms with Gasteiger partial charge in [-0.3, -0.25) is 9.48 Å². The van der Waals surface area contributed by atoms with Crippen LogP contribution >= 0.6 is 11.6 Å². The highest BCUT2D eigenvalue weighted by molar-refractivity contribution is 6.31. The average molecular weight is 326 g/mol. The number of aliphatic hydroxyl groups excluding tert-OH is 1. The van der Waals surface area contributed by atoms with Crippen molar-refractivity contribution >= 4 is 23.6 Å². The van der Waals surface area contributed by atoms with E-state index in [1.165, 1.54) is 6.08 Å². The molecule has 0 unspecified atom stereocenters. The van der Waals surface area contributed by atoms with Crippen LogP contribution in [0.15, 0.2) is 6.08 Å². The molecule has 1 fully saturated rings. The number of hydrogen-bond acceptors (Lipinski definition) is 3. The molecule has 1 N–H and O–H groups in total. The Labute approximate surface area is 136 Å². The number of halogens is 1. The summed E-state index contributed by atoms with van der Waals surface area (Å²) in [4.78, 5) is 14.0. The number of carbonyl (C=O) groups is 1. The molecule has 0 saturated carbocycles. The molecule has 1 amide bonds. The van der Waals surface area contributed by atoms with Crippen LogP contribution < -0.4 is 0 Å². The third-order valence-corrected chi connectivity index (χ3v) is 4.50. The summed E-state index contributed by atoms with van der Waals surface area (Å²) in [6.07, 6.45) is 7.19. The second-order valence-electron chi connectivity index (χ2n) is 5.71. The van der Waals surface area contributed by atoms with Gasteiger partial charge in [0.2, 0.25) is 5.91 Å². The van der Waals surface area contributed by atoms with Crippen LogP contribution in [0.2, 0.25) is 5.15 Å². The van der Waals surface area contributed by atoms with Crippen molar-refractivity contribution in [1.29, 1.82) is 0 Å². The maximum atomic E-state index is 12.2. The summed E-state index contributed by atoms with van der Waals surface area (Å²) in [5.41, 5.74) is 1.62. The standard InChI is InChI=1S/C16H24ClN3O2/c1-3-4-10-20-16(17)14(12(2)18-20)7-8-15(22)19-9-5-6-13(19)11-21/h7-8,13,21H,3-6,9-11H2,1-2H3/b8-7+/t13-/m1/s1. The molecule has 0 radical (unpaired) electrons. The van der Waals surface area contributed by atoms with Crippen LogP contribution in [0.25, 0.3) is 6.08 Å². The first-order valence-electron chi connectivity index (χ1n) is 7.91. The summed E-state index contributed by atoms with van der Waals surface area (Å²) in [7, 11) is 0. The maximum Gasteiger partial charge on any atom is 0.246 e. The third kappa shape index (κ3) is 3.70. The largest absolute Gasteiger partial charge is 0.394 e. The SMILES string of the molecule is CCCCn1nc(C)c(/C=C/C(=O)N2CCC[C@@H]2CO)c1Cl. The average Bonchev–Trinajstić information content (AvgIpc) is 3.08. The lowest BCUT2D eigenvalue weighted by molar-refractivity contribution is -0.127. The number of amides is 1. The first-order valence-corrected chi connectivity index (χ1v) is 8.28. The summed E-state index contributed by atoms with van der Waals surface area (Å²) in [6, 6.07) is -0.0546. The number of rotatable bonds is 6. The topological polar surface area (TPSA) is 58.4 Å². The van der Waals surface area contributed by atoms with Crippen molar-refractivity contribution in [2.75, 3.05) is 13.2 Å². The monoisotopic (exact) mass is 325 g/mol. The van der Waals surface area contributed by atoms with Crippen molar-refractivity contribution in [3.63, 3.8) is 0 Å². The second kappa shape index (κ2) is 7.79. The molecule has 0 aliphatic carbocycles. The molecule has 22 heavy (non-hydrogen) atoms. The van der Waals surface area contributed by atoms with Gasteiger partial charge in [0.15, 0.2) is 0 Å². The van der Waals surface area contributed by atoms with Crippen LogP contribution in [0, 0.1) is 6.92 Å². The van der Waals surface area contributed by atoms with E-state index in [1.54, 1.807) is 15.7 Å². The van der Waals surface area contributed by atoms with E-state index in [0.29, 0.717) is 11.7 Å². The molecule has 6 heteroatoms. The minimum atomic E-state index is -0.0756. The fourth-order valence-electron chi connectivity index (χ4n) is 2.78. The quantitative estimate of drug-likeness (QED) is 0.818. The van der Waals surface area contributed by atoms with E-state index in [9.17, 15) is 9.90 Å². The molecule has 1 aliphatic rings. The Morgan fingerprint density at radius 3 is 3.00 bits per heavy atom. The van der Waals surface area contributed by atoms with Crippen molar-refractivity contribution in [2.45, 2.75) is 52.1 Å². The molecular formula is C16H24ClN3O2. The van der Waals surface area contributed by atoms with Crippen molar-refractivity contribution in [2.24, 2.45) is 0 Å². The fourth-order valence-corrected chi connectivity index (χ4v) is 3.10. The minimum absolute atomic E-state index is 0.0221. The summed E-state index contributed by atoms with van der Waals surface area (Å²) < 4.78 is 1.79. The molecule has 2 heterocycles. The molecule has 1 saturated heterocycles.